The van der Waals surface area contributed by atoms with E-state index in [4.69, 9.17) is 14.9 Å². The van der Waals surface area contributed by atoms with Gasteiger partial charge in [0.05, 0.1) is 19.0 Å². The number of nitrogen functional groups attached to an aromatic ring is 1. The lowest BCUT2D eigenvalue weighted by Gasteiger charge is -2.38. The molecule has 4 heterocycles. The zero-order valence-corrected chi connectivity index (χ0v) is 14.9. The number of aromatic nitrogens is 5. The number of imidazole rings is 1. The number of oxazole rings is 1. The second-order valence-corrected chi connectivity index (χ2v) is 6.47. The number of aliphatic hydroxyl groups is 2. The van der Waals surface area contributed by atoms with Crippen LogP contribution in [0.1, 0.15) is 22.4 Å². The third-order valence-corrected chi connectivity index (χ3v) is 4.67. The van der Waals surface area contributed by atoms with E-state index in [1.54, 1.807) is 11.5 Å². The van der Waals surface area contributed by atoms with Crippen molar-refractivity contribution in [3.63, 3.8) is 0 Å². The lowest BCUT2D eigenvalue weighted by molar-refractivity contribution is -0.155. The number of aliphatic hydroxyl groups excluding tert-OH is 2. The van der Waals surface area contributed by atoms with Crippen LogP contribution in [-0.4, -0.2) is 72.1 Å². The summed E-state index contributed by atoms with van der Waals surface area (Å²) < 4.78 is 12.3. The molecular formula is C16H19N7O5. The fraction of sp³-hybridized carbons (Fsp3) is 0.438. The molecule has 0 unspecified atom stereocenters. The summed E-state index contributed by atoms with van der Waals surface area (Å²) in [7, 11) is 0. The molecule has 1 aliphatic rings. The molecule has 0 spiro atoms. The lowest BCUT2D eigenvalue weighted by atomic mass is 9.97. The summed E-state index contributed by atoms with van der Waals surface area (Å²) in [6, 6.07) is -0.626. The molecule has 0 saturated carbocycles. The maximum Gasteiger partial charge on any atom is 0.273 e. The fourth-order valence-corrected chi connectivity index (χ4v) is 3.16. The van der Waals surface area contributed by atoms with Gasteiger partial charge in [-0.3, -0.25) is 4.79 Å². The van der Waals surface area contributed by atoms with Crippen LogP contribution in [0.25, 0.3) is 11.2 Å². The van der Waals surface area contributed by atoms with Gasteiger partial charge in [-0.2, -0.15) is 0 Å². The molecular weight excluding hydrogens is 370 g/mol. The van der Waals surface area contributed by atoms with Gasteiger partial charge in [-0.05, 0) is 0 Å². The Morgan fingerprint density at radius 2 is 2.18 bits per heavy atom. The molecule has 3 aromatic heterocycles. The van der Waals surface area contributed by atoms with Gasteiger partial charge < -0.3 is 35.0 Å². The fourth-order valence-electron chi connectivity index (χ4n) is 3.16. The Morgan fingerprint density at radius 3 is 2.93 bits per heavy atom. The number of anilines is 1. The van der Waals surface area contributed by atoms with Crippen molar-refractivity contribution in [2.75, 3.05) is 18.9 Å². The van der Waals surface area contributed by atoms with Crippen LogP contribution in [0.2, 0.25) is 0 Å². The summed E-state index contributed by atoms with van der Waals surface area (Å²) in [5, 5.41) is 23.7. The van der Waals surface area contributed by atoms with Crippen LogP contribution in [0.4, 0.5) is 5.82 Å². The molecule has 1 saturated heterocycles. The van der Waals surface area contributed by atoms with Crippen molar-refractivity contribution in [1.29, 1.82) is 0 Å². The predicted octanol–water partition coefficient (Wildman–Crippen LogP) is -1.20. The second-order valence-electron chi connectivity index (χ2n) is 6.47. The van der Waals surface area contributed by atoms with Crippen molar-refractivity contribution in [3.05, 3.63) is 30.5 Å². The number of ether oxygens (including phenoxy) is 1. The Bertz CT molecular complexity index is 1000. The highest BCUT2D eigenvalue weighted by molar-refractivity contribution is 5.91. The number of nitrogens with zero attached hydrogens (tertiary/aromatic N) is 5. The monoisotopic (exact) mass is 389 g/mol. The van der Waals surface area contributed by atoms with Crippen LogP contribution in [0, 0.1) is 6.92 Å². The quantitative estimate of drug-likeness (QED) is 0.424. The molecule has 1 aliphatic heterocycles. The van der Waals surface area contributed by atoms with E-state index in [1.807, 2.05) is 0 Å². The minimum atomic E-state index is -1.24. The number of fused-ring (bicyclic) bond motifs is 1. The maximum absolute atomic E-state index is 12.0. The Morgan fingerprint density at radius 1 is 1.36 bits per heavy atom. The van der Waals surface area contributed by atoms with E-state index in [0.29, 0.717) is 17.1 Å². The van der Waals surface area contributed by atoms with E-state index < -0.39 is 30.3 Å². The zero-order chi connectivity index (χ0) is 19.8. The van der Waals surface area contributed by atoms with Crippen molar-refractivity contribution in [1.82, 2.24) is 29.8 Å². The van der Waals surface area contributed by atoms with Crippen LogP contribution < -0.4 is 11.1 Å². The number of carbonyl (C=O) groups excluding carboxylic acids is 1. The number of nitrogens with two attached hydrogens (primary N) is 1. The molecule has 12 heteroatoms. The average Bonchev–Trinajstić information content (AvgIpc) is 3.30. The predicted molar refractivity (Wildman–Crippen MR) is 94.1 cm³/mol. The summed E-state index contributed by atoms with van der Waals surface area (Å²) in [4.78, 5) is 28.1. The van der Waals surface area contributed by atoms with E-state index in [0.717, 1.165) is 0 Å². The van der Waals surface area contributed by atoms with E-state index in [9.17, 15) is 15.0 Å². The smallest absolute Gasteiger partial charge is 0.273 e. The van der Waals surface area contributed by atoms with Crippen molar-refractivity contribution in [2.24, 2.45) is 0 Å². The van der Waals surface area contributed by atoms with Gasteiger partial charge in [0.15, 0.2) is 23.0 Å². The van der Waals surface area contributed by atoms with Crippen molar-refractivity contribution >= 4 is 22.9 Å². The largest absolute Gasteiger partial charge is 0.448 e. The van der Waals surface area contributed by atoms with Gasteiger partial charge in [0.25, 0.3) is 5.91 Å². The molecule has 1 fully saturated rings. The topological polar surface area (TPSA) is 174 Å². The Kier molecular flexibility index (Phi) is 4.66. The van der Waals surface area contributed by atoms with Crippen molar-refractivity contribution < 1.29 is 24.2 Å². The highest BCUT2D eigenvalue weighted by Crippen LogP contribution is 2.28. The first-order chi connectivity index (χ1) is 13.5. The number of rotatable bonds is 4. The van der Waals surface area contributed by atoms with Crippen LogP contribution >= 0.6 is 0 Å². The van der Waals surface area contributed by atoms with Gasteiger partial charge in [-0.25, -0.2) is 19.9 Å². The number of hydrogen-bond donors (Lipinski definition) is 4. The van der Waals surface area contributed by atoms with Gasteiger partial charge in [-0.1, -0.05) is 0 Å². The maximum atomic E-state index is 12.0. The lowest BCUT2D eigenvalue weighted by Crippen LogP contribution is -2.54. The van der Waals surface area contributed by atoms with E-state index in [2.05, 4.69) is 25.3 Å². The molecule has 0 bridgehead atoms. The first-order valence-electron chi connectivity index (χ1n) is 8.56. The van der Waals surface area contributed by atoms with E-state index >= 15 is 0 Å². The summed E-state index contributed by atoms with van der Waals surface area (Å²) in [5.41, 5.74) is 6.74. The first-order valence-corrected chi connectivity index (χ1v) is 8.56. The number of nitrogens with one attached hydrogen (secondary N) is 1. The molecule has 0 aromatic carbocycles. The molecule has 4 atom stereocenters. The summed E-state index contributed by atoms with van der Waals surface area (Å²) >= 11 is 0. The molecule has 0 radical (unpaired) electrons. The Hall–Kier alpha value is -3.09. The van der Waals surface area contributed by atoms with Crippen LogP contribution in [-0.2, 0) is 4.74 Å². The highest BCUT2D eigenvalue weighted by atomic mass is 16.5. The number of carbonyl (C=O) groups is 1. The molecule has 28 heavy (non-hydrogen) atoms. The van der Waals surface area contributed by atoms with Gasteiger partial charge in [0.1, 0.15) is 36.4 Å². The van der Waals surface area contributed by atoms with E-state index in [1.165, 1.54) is 18.9 Å². The summed E-state index contributed by atoms with van der Waals surface area (Å²) in [5.74, 6) is 0.130. The molecule has 0 aliphatic carbocycles. The minimum absolute atomic E-state index is 0.00448. The normalized spacial score (nSPS) is 25.1. The summed E-state index contributed by atoms with van der Waals surface area (Å²) in [6.45, 7) is 1.70. The molecule has 3 aromatic rings. The Balaban J connectivity index is 1.44. The van der Waals surface area contributed by atoms with Crippen LogP contribution in [0.15, 0.2) is 23.3 Å². The van der Waals surface area contributed by atoms with Crippen molar-refractivity contribution in [2.45, 2.75) is 31.3 Å². The third-order valence-electron chi connectivity index (χ3n) is 4.67. The molecule has 1 amide bonds. The van der Waals surface area contributed by atoms with Crippen LogP contribution in [0.5, 0.6) is 0 Å². The number of amides is 1. The molecule has 5 N–H and O–H groups in total. The van der Waals surface area contributed by atoms with Crippen molar-refractivity contribution in [3.8, 4) is 0 Å². The Labute approximate surface area is 158 Å². The second kappa shape index (κ2) is 7.14. The number of aryl methyl sites for hydroxylation is 1. The van der Waals surface area contributed by atoms with E-state index in [-0.39, 0.29) is 24.7 Å². The van der Waals surface area contributed by atoms with Crippen LogP contribution in [0.3, 0.4) is 0 Å². The molecule has 4 rings (SSSR count). The number of hydrogen-bond acceptors (Lipinski definition) is 10. The van der Waals surface area contributed by atoms with Gasteiger partial charge in [0.2, 0.25) is 0 Å². The summed E-state index contributed by atoms with van der Waals surface area (Å²) in [6.07, 6.45) is 0.804. The average molecular weight is 389 g/mol. The SMILES string of the molecule is Cc1nc(C(=O)NC[C@H]2OC[C@@H](n3cnc4c(N)ncnc43)[C@H](O)[C@@H]2O)co1. The van der Waals surface area contributed by atoms with Gasteiger partial charge in [0, 0.05) is 13.5 Å². The molecule has 12 nitrogen and oxygen atoms in total. The van der Waals surface area contributed by atoms with Gasteiger partial charge in [-0.15, -0.1) is 0 Å². The van der Waals surface area contributed by atoms with Gasteiger partial charge >= 0.3 is 0 Å². The standard InChI is InChI=1S/C16H19N7O5/c1-7-22-8(3-27-7)16(26)18-2-10-13(25)12(24)9(4-28-10)23-6-21-11-14(17)19-5-20-15(11)23/h3,5-6,9-10,12-13,24-25H,2,4H2,1H3,(H,18,26)(H2,17,19,20)/t9-,10-,12+,13-/m1/s1. The molecule has 148 valence electrons. The third kappa shape index (κ3) is 3.17. The first kappa shape index (κ1) is 18.3. The highest BCUT2D eigenvalue weighted by Gasteiger charge is 2.40. The zero-order valence-electron chi connectivity index (χ0n) is 14.9. The minimum Gasteiger partial charge on any atom is -0.448 e.